The van der Waals surface area contributed by atoms with Crippen molar-refractivity contribution in [2.24, 2.45) is 5.73 Å². The number of nitrogens with zero attached hydrogens (tertiary/aromatic N) is 1. The summed E-state index contributed by atoms with van der Waals surface area (Å²) in [5.74, 6) is -0.323. The highest BCUT2D eigenvalue weighted by atomic mass is 16.1. The van der Waals surface area contributed by atoms with Crippen LogP contribution in [0.15, 0.2) is 54.6 Å². The summed E-state index contributed by atoms with van der Waals surface area (Å²) in [7, 11) is 0. The van der Waals surface area contributed by atoms with E-state index < -0.39 is 0 Å². The first kappa shape index (κ1) is 14.1. The summed E-state index contributed by atoms with van der Waals surface area (Å²) in [6, 6.07) is 17.7. The van der Waals surface area contributed by atoms with E-state index in [4.69, 9.17) is 11.5 Å². The van der Waals surface area contributed by atoms with Crippen LogP contribution in [-0.4, -0.2) is 17.4 Å². The molecule has 104 valence electrons. The molecule has 20 heavy (non-hydrogen) atoms. The molecule has 0 spiro atoms. The van der Waals surface area contributed by atoms with E-state index in [0.29, 0.717) is 13.1 Å². The van der Waals surface area contributed by atoms with Gasteiger partial charge in [-0.05, 0) is 23.3 Å². The molecule has 4 N–H and O–H groups in total. The molecule has 0 aromatic heterocycles. The Balaban J connectivity index is 2.07. The number of hydrogen-bond donors (Lipinski definition) is 2. The molecule has 0 aliphatic rings. The summed E-state index contributed by atoms with van der Waals surface area (Å²) in [5.41, 5.74) is 14.0. The first-order valence-corrected chi connectivity index (χ1v) is 6.52. The van der Waals surface area contributed by atoms with Gasteiger partial charge in [-0.2, -0.15) is 0 Å². The Bertz CT molecular complexity index is 552. The normalized spacial score (nSPS) is 10.7. The van der Waals surface area contributed by atoms with Gasteiger partial charge in [0.15, 0.2) is 0 Å². The highest BCUT2D eigenvalue weighted by Crippen LogP contribution is 2.11. The van der Waals surface area contributed by atoms with Gasteiger partial charge in [0.2, 0.25) is 5.91 Å². The number of primary amides is 1. The predicted molar refractivity (Wildman–Crippen MR) is 80.6 cm³/mol. The maximum absolute atomic E-state index is 11.2. The van der Waals surface area contributed by atoms with E-state index in [1.165, 1.54) is 0 Å². The van der Waals surface area contributed by atoms with Crippen LogP contribution in [0, 0.1) is 0 Å². The number of amides is 1. The van der Waals surface area contributed by atoms with Crippen molar-refractivity contribution in [3.63, 3.8) is 0 Å². The Kier molecular flexibility index (Phi) is 4.74. The lowest BCUT2D eigenvalue weighted by molar-refractivity contribution is -0.119. The monoisotopic (exact) mass is 269 g/mol. The standard InChI is InChI=1S/C16H19N3O/c17-15-8-6-14(7-9-15)11-19(12-16(18)20)10-13-4-2-1-3-5-13/h1-9H,10-12,17H2,(H2,18,20). The van der Waals surface area contributed by atoms with E-state index in [1.54, 1.807) is 0 Å². The number of hydrogen-bond acceptors (Lipinski definition) is 3. The molecule has 4 heteroatoms. The van der Waals surface area contributed by atoms with Gasteiger partial charge in [-0.3, -0.25) is 9.69 Å². The molecule has 0 saturated heterocycles. The number of benzene rings is 2. The average molecular weight is 269 g/mol. The van der Waals surface area contributed by atoms with Crippen LogP contribution in [0.5, 0.6) is 0 Å². The maximum Gasteiger partial charge on any atom is 0.231 e. The summed E-state index contributed by atoms with van der Waals surface area (Å²) in [5, 5.41) is 0. The second-order valence-corrected chi connectivity index (χ2v) is 4.84. The Labute approximate surface area is 119 Å². The molecule has 0 atom stereocenters. The lowest BCUT2D eigenvalue weighted by Crippen LogP contribution is -2.33. The molecule has 4 nitrogen and oxygen atoms in total. The summed E-state index contributed by atoms with van der Waals surface area (Å²) in [6.07, 6.45) is 0. The molecule has 2 aromatic carbocycles. The van der Waals surface area contributed by atoms with E-state index in [-0.39, 0.29) is 12.5 Å². The highest BCUT2D eigenvalue weighted by molar-refractivity contribution is 5.75. The fraction of sp³-hybridized carbons (Fsp3) is 0.188. The van der Waals surface area contributed by atoms with Crippen LogP contribution in [0.25, 0.3) is 0 Å². The zero-order valence-electron chi connectivity index (χ0n) is 11.3. The van der Waals surface area contributed by atoms with Crippen LogP contribution >= 0.6 is 0 Å². The molecule has 2 aromatic rings. The Morgan fingerprint density at radius 3 is 2.00 bits per heavy atom. The predicted octanol–water partition coefficient (Wildman–Crippen LogP) is 1.76. The van der Waals surface area contributed by atoms with E-state index in [0.717, 1.165) is 16.8 Å². The molecule has 0 aliphatic carbocycles. The number of rotatable bonds is 6. The Morgan fingerprint density at radius 1 is 0.900 bits per heavy atom. The number of carbonyl (C=O) groups excluding carboxylic acids is 1. The van der Waals surface area contributed by atoms with Crippen molar-refractivity contribution in [1.82, 2.24) is 4.90 Å². The molecule has 0 aliphatic heterocycles. The quantitative estimate of drug-likeness (QED) is 0.785. The third-order valence-electron chi connectivity index (χ3n) is 3.01. The zero-order valence-corrected chi connectivity index (χ0v) is 11.3. The summed E-state index contributed by atoms with van der Waals surface area (Å²) in [4.78, 5) is 13.2. The molecule has 2 rings (SSSR count). The van der Waals surface area contributed by atoms with Gasteiger partial charge >= 0.3 is 0 Å². The lowest BCUT2D eigenvalue weighted by atomic mass is 10.1. The van der Waals surface area contributed by atoms with Crippen LogP contribution in [0.1, 0.15) is 11.1 Å². The number of anilines is 1. The van der Waals surface area contributed by atoms with Crippen LogP contribution < -0.4 is 11.5 Å². The van der Waals surface area contributed by atoms with Gasteiger partial charge in [0.1, 0.15) is 0 Å². The lowest BCUT2D eigenvalue weighted by Gasteiger charge is -2.21. The second-order valence-electron chi connectivity index (χ2n) is 4.84. The molecule has 0 fully saturated rings. The van der Waals surface area contributed by atoms with Crippen LogP contribution in [0.4, 0.5) is 5.69 Å². The number of nitrogens with two attached hydrogens (primary N) is 2. The fourth-order valence-corrected chi connectivity index (χ4v) is 2.11. The van der Waals surface area contributed by atoms with Crippen molar-refractivity contribution in [3.8, 4) is 0 Å². The highest BCUT2D eigenvalue weighted by Gasteiger charge is 2.10. The van der Waals surface area contributed by atoms with Gasteiger partial charge in [-0.15, -0.1) is 0 Å². The average Bonchev–Trinajstić information content (AvgIpc) is 2.42. The van der Waals surface area contributed by atoms with Crippen LogP contribution in [-0.2, 0) is 17.9 Å². The third kappa shape index (κ3) is 4.40. The second kappa shape index (κ2) is 6.73. The minimum absolute atomic E-state index is 0.235. The molecule has 0 radical (unpaired) electrons. The molecular weight excluding hydrogens is 250 g/mol. The van der Waals surface area contributed by atoms with E-state index in [2.05, 4.69) is 0 Å². The van der Waals surface area contributed by atoms with Crippen LogP contribution in [0.3, 0.4) is 0 Å². The van der Waals surface area contributed by atoms with Crippen LogP contribution in [0.2, 0.25) is 0 Å². The molecule has 0 unspecified atom stereocenters. The summed E-state index contributed by atoms with van der Waals surface area (Å²) in [6.45, 7) is 1.59. The maximum atomic E-state index is 11.2. The van der Waals surface area contributed by atoms with E-state index in [1.807, 2.05) is 59.5 Å². The largest absolute Gasteiger partial charge is 0.399 e. The van der Waals surface area contributed by atoms with Gasteiger partial charge in [0.25, 0.3) is 0 Å². The molecule has 0 bridgehead atoms. The van der Waals surface area contributed by atoms with Gasteiger partial charge in [-0.1, -0.05) is 42.5 Å². The first-order valence-electron chi connectivity index (χ1n) is 6.52. The summed E-state index contributed by atoms with van der Waals surface area (Å²) < 4.78 is 0. The molecule has 0 saturated carbocycles. The SMILES string of the molecule is NC(=O)CN(Cc1ccccc1)Cc1ccc(N)cc1. The smallest absolute Gasteiger partial charge is 0.231 e. The van der Waals surface area contributed by atoms with Crippen molar-refractivity contribution < 1.29 is 4.79 Å². The first-order chi connectivity index (χ1) is 9.63. The minimum atomic E-state index is -0.323. The van der Waals surface area contributed by atoms with Gasteiger partial charge in [0, 0.05) is 18.8 Å². The summed E-state index contributed by atoms with van der Waals surface area (Å²) >= 11 is 0. The minimum Gasteiger partial charge on any atom is -0.399 e. The number of carbonyl (C=O) groups is 1. The fourth-order valence-electron chi connectivity index (χ4n) is 2.11. The van der Waals surface area contributed by atoms with Gasteiger partial charge < -0.3 is 11.5 Å². The Morgan fingerprint density at radius 2 is 1.45 bits per heavy atom. The topological polar surface area (TPSA) is 72.4 Å². The van der Waals surface area contributed by atoms with Crippen molar-refractivity contribution in [3.05, 3.63) is 65.7 Å². The Hall–Kier alpha value is -2.33. The zero-order chi connectivity index (χ0) is 14.4. The molecule has 1 amide bonds. The van der Waals surface area contributed by atoms with Crippen molar-refractivity contribution in [2.45, 2.75) is 13.1 Å². The third-order valence-corrected chi connectivity index (χ3v) is 3.01. The molecular formula is C16H19N3O. The molecule has 0 heterocycles. The van der Waals surface area contributed by atoms with Gasteiger partial charge in [0.05, 0.1) is 6.54 Å². The van der Waals surface area contributed by atoms with Crippen molar-refractivity contribution in [2.75, 3.05) is 12.3 Å². The van der Waals surface area contributed by atoms with Crippen molar-refractivity contribution >= 4 is 11.6 Å². The van der Waals surface area contributed by atoms with Crippen molar-refractivity contribution in [1.29, 1.82) is 0 Å². The van der Waals surface area contributed by atoms with E-state index in [9.17, 15) is 4.79 Å². The van der Waals surface area contributed by atoms with Gasteiger partial charge in [-0.25, -0.2) is 0 Å². The van der Waals surface area contributed by atoms with E-state index >= 15 is 0 Å². The number of nitrogen functional groups attached to an aromatic ring is 1.